The van der Waals surface area contributed by atoms with Crippen molar-refractivity contribution >= 4 is 17.7 Å². The molecule has 7 heteroatoms. The molecule has 1 N–H and O–H groups in total. The number of carbonyl (C=O) groups excluding carboxylic acids is 1. The van der Waals surface area contributed by atoms with Crippen LogP contribution in [0.3, 0.4) is 0 Å². The van der Waals surface area contributed by atoms with E-state index >= 15 is 0 Å². The third-order valence-corrected chi connectivity index (χ3v) is 4.20. The summed E-state index contributed by atoms with van der Waals surface area (Å²) in [5.41, 5.74) is 2.56. The van der Waals surface area contributed by atoms with Crippen molar-refractivity contribution < 1.29 is 18.0 Å². The van der Waals surface area contributed by atoms with Gasteiger partial charge in [-0.1, -0.05) is 0 Å². The van der Waals surface area contributed by atoms with Crippen molar-refractivity contribution in [2.45, 2.75) is 12.6 Å². The van der Waals surface area contributed by atoms with Crippen LogP contribution < -0.4 is 5.43 Å². The Kier molecular flexibility index (Phi) is 3.34. The standard InChI is InChI=1S/C9H13F3N2OS/c10-9(11,12)7-1-2-14(3-7)13-8(15)6-4-16-5-6/h6-7H,1-5H2,(H,13,15). The molecule has 2 rings (SSSR count). The Hall–Kier alpha value is -0.430. The smallest absolute Gasteiger partial charge is 0.289 e. The predicted octanol–water partition coefficient (Wildman–Crippen LogP) is 1.26. The lowest BCUT2D eigenvalue weighted by Crippen LogP contribution is -2.47. The highest BCUT2D eigenvalue weighted by Gasteiger charge is 2.44. The van der Waals surface area contributed by atoms with Gasteiger partial charge in [-0.05, 0) is 6.42 Å². The Morgan fingerprint density at radius 2 is 2.06 bits per heavy atom. The third kappa shape index (κ3) is 2.63. The zero-order chi connectivity index (χ0) is 11.8. The fourth-order valence-corrected chi connectivity index (χ4v) is 2.54. The van der Waals surface area contributed by atoms with Crippen molar-refractivity contribution in [3.05, 3.63) is 0 Å². The summed E-state index contributed by atoms with van der Waals surface area (Å²) in [4.78, 5) is 11.5. The molecular formula is C9H13F3N2OS. The Bertz CT molecular complexity index is 280. The molecule has 0 aliphatic carbocycles. The number of hydrazine groups is 1. The van der Waals surface area contributed by atoms with Crippen molar-refractivity contribution in [1.29, 1.82) is 0 Å². The summed E-state index contributed by atoms with van der Waals surface area (Å²) < 4.78 is 37.1. The molecule has 2 aliphatic heterocycles. The van der Waals surface area contributed by atoms with Crippen LogP contribution in [0.1, 0.15) is 6.42 Å². The second-order valence-electron chi connectivity index (χ2n) is 4.18. The van der Waals surface area contributed by atoms with Gasteiger partial charge < -0.3 is 0 Å². The van der Waals surface area contributed by atoms with Gasteiger partial charge in [-0.3, -0.25) is 10.2 Å². The molecule has 2 fully saturated rings. The van der Waals surface area contributed by atoms with Crippen molar-refractivity contribution in [1.82, 2.24) is 10.4 Å². The van der Waals surface area contributed by atoms with E-state index in [2.05, 4.69) is 5.43 Å². The summed E-state index contributed by atoms with van der Waals surface area (Å²) in [5, 5.41) is 1.39. The van der Waals surface area contributed by atoms with Crippen molar-refractivity contribution in [3.8, 4) is 0 Å². The number of amides is 1. The lowest BCUT2D eigenvalue weighted by atomic mass is 10.1. The minimum Gasteiger partial charge on any atom is -0.289 e. The van der Waals surface area contributed by atoms with Crippen molar-refractivity contribution in [2.75, 3.05) is 24.6 Å². The van der Waals surface area contributed by atoms with E-state index in [1.165, 1.54) is 5.01 Å². The summed E-state index contributed by atoms with van der Waals surface area (Å²) in [6.45, 7) is 0.172. The summed E-state index contributed by atoms with van der Waals surface area (Å²) in [7, 11) is 0. The minimum absolute atomic E-state index is 0.0186. The van der Waals surface area contributed by atoms with Gasteiger partial charge in [-0.2, -0.15) is 24.9 Å². The van der Waals surface area contributed by atoms with Gasteiger partial charge in [0, 0.05) is 24.6 Å². The van der Waals surface area contributed by atoms with Crippen LogP contribution in [-0.4, -0.2) is 41.7 Å². The normalized spacial score (nSPS) is 27.8. The lowest BCUT2D eigenvalue weighted by Gasteiger charge is -2.27. The number of nitrogens with zero attached hydrogens (tertiary/aromatic N) is 1. The molecule has 1 unspecified atom stereocenters. The van der Waals surface area contributed by atoms with E-state index in [-0.39, 0.29) is 31.3 Å². The molecule has 1 atom stereocenters. The molecule has 0 aromatic rings. The van der Waals surface area contributed by atoms with E-state index < -0.39 is 12.1 Å². The number of alkyl halides is 3. The fraction of sp³-hybridized carbons (Fsp3) is 0.889. The van der Waals surface area contributed by atoms with Crippen LogP contribution in [0.2, 0.25) is 0 Å². The first-order valence-electron chi connectivity index (χ1n) is 5.16. The number of rotatable bonds is 2. The maximum atomic E-state index is 12.4. The van der Waals surface area contributed by atoms with Gasteiger partial charge >= 0.3 is 6.18 Å². The van der Waals surface area contributed by atoms with Gasteiger partial charge in [0.25, 0.3) is 0 Å². The largest absolute Gasteiger partial charge is 0.393 e. The van der Waals surface area contributed by atoms with E-state index in [0.29, 0.717) is 0 Å². The molecule has 1 amide bonds. The first kappa shape index (κ1) is 12.0. The van der Waals surface area contributed by atoms with Gasteiger partial charge in [0.15, 0.2) is 0 Å². The van der Waals surface area contributed by atoms with Gasteiger partial charge in [0.2, 0.25) is 5.91 Å². The quantitative estimate of drug-likeness (QED) is 0.805. The Morgan fingerprint density at radius 3 is 2.50 bits per heavy atom. The number of carbonyl (C=O) groups is 1. The molecule has 0 saturated carbocycles. The van der Waals surface area contributed by atoms with Crippen LogP contribution in [-0.2, 0) is 4.79 Å². The van der Waals surface area contributed by atoms with Crippen LogP contribution in [0, 0.1) is 11.8 Å². The summed E-state index contributed by atoms with van der Waals surface area (Å²) in [5.74, 6) is 0.102. The minimum atomic E-state index is -4.15. The third-order valence-electron chi connectivity index (χ3n) is 2.93. The molecule has 0 bridgehead atoms. The number of nitrogens with one attached hydrogen (secondary N) is 1. The number of hydrogen-bond donors (Lipinski definition) is 1. The number of thioether (sulfide) groups is 1. The second-order valence-corrected chi connectivity index (χ2v) is 5.26. The molecule has 0 aromatic heterocycles. The average molecular weight is 254 g/mol. The highest BCUT2D eigenvalue weighted by molar-refractivity contribution is 8.00. The molecule has 2 aliphatic rings. The lowest BCUT2D eigenvalue weighted by molar-refractivity contribution is -0.171. The molecule has 0 radical (unpaired) electrons. The summed E-state index contributed by atoms with van der Waals surface area (Å²) in [6.07, 6.45) is -4.07. The Balaban J connectivity index is 1.78. The highest BCUT2D eigenvalue weighted by Crippen LogP contribution is 2.33. The molecule has 2 saturated heterocycles. The van der Waals surface area contributed by atoms with E-state index in [1.54, 1.807) is 11.8 Å². The average Bonchev–Trinajstić information content (AvgIpc) is 2.47. The Morgan fingerprint density at radius 1 is 1.38 bits per heavy atom. The topological polar surface area (TPSA) is 32.3 Å². The molecule has 2 heterocycles. The molecule has 3 nitrogen and oxygen atoms in total. The van der Waals surface area contributed by atoms with Gasteiger partial charge in [-0.15, -0.1) is 0 Å². The summed E-state index contributed by atoms with van der Waals surface area (Å²) >= 11 is 1.68. The van der Waals surface area contributed by atoms with Crippen LogP contribution in [0.25, 0.3) is 0 Å². The Labute approximate surface area is 95.7 Å². The SMILES string of the molecule is O=C(NN1CCC(C(F)(F)F)C1)C1CSC1. The molecule has 16 heavy (non-hydrogen) atoms. The monoisotopic (exact) mass is 254 g/mol. The highest BCUT2D eigenvalue weighted by atomic mass is 32.2. The van der Waals surface area contributed by atoms with Crippen molar-refractivity contribution in [3.63, 3.8) is 0 Å². The van der Waals surface area contributed by atoms with Gasteiger partial charge in [0.1, 0.15) is 0 Å². The first-order valence-corrected chi connectivity index (χ1v) is 6.32. The van der Waals surface area contributed by atoms with Gasteiger partial charge in [0.05, 0.1) is 11.8 Å². The molecular weight excluding hydrogens is 241 g/mol. The van der Waals surface area contributed by atoms with Crippen LogP contribution >= 0.6 is 11.8 Å². The second kappa shape index (κ2) is 4.44. The van der Waals surface area contributed by atoms with Crippen LogP contribution in [0.15, 0.2) is 0 Å². The van der Waals surface area contributed by atoms with Crippen LogP contribution in [0.5, 0.6) is 0 Å². The predicted molar refractivity (Wildman–Crippen MR) is 54.7 cm³/mol. The van der Waals surface area contributed by atoms with E-state index in [4.69, 9.17) is 0 Å². The van der Waals surface area contributed by atoms with Crippen molar-refractivity contribution in [2.24, 2.45) is 11.8 Å². The summed E-state index contributed by atoms with van der Waals surface area (Å²) in [6, 6.07) is 0. The van der Waals surface area contributed by atoms with E-state index in [1.807, 2.05) is 0 Å². The van der Waals surface area contributed by atoms with E-state index in [9.17, 15) is 18.0 Å². The molecule has 0 aromatic carbocycles. The zero-order valence-corrected chi connectivity index (χ0v) is 9.40. The zero-order valence-electron chi connectivity index (χ0n) is 8.59. The maximum absolute atomic E-state index is 12.4. The maximum Gasteiger partial charge on any atom is 0.393 e. The number of halogens is 3. The van der Waals surface area contributed by atoms with Gasteiger partial charge in [-0.25, -0.2) is 5.01 Å². The molecule has 0 spiro atoms. The van der Waals surface area contributed by atoms with Crippen LogP contribution in [0.4, 0.5) is 13.2 Å². The first-order chi connectivity index (χ1) is 7.47. The number of hydrogen-bond acceptors (Lipinski definition) is 3. The molecule has 92 valence electrons. The van der Waals surface area contributed by atoms with E-state index in [0.717, 1.165) is 11.5 Å². The fourth-order valence-electron chi connectivity index (χ4n) is 1.76.